The van der Waals surface area contributed by atoms with Gasteiger partial charge in [-0.2, -0.15) is 0 Å². The van der Waals surface area contributed by atoms with E-state index in [0.717, 1.165) is 5.56 Å². The maximum absolute atomic E-state index is 12.4. The quantitative estimate of drug-likeness (QED) is 0.567. The molecule has 1 fully saturated rings. The monoisotopic (exact) mass is 450 g/mol. The fourth-order valence-corrected chi connectivity index (χ4v) is 3.96. The minimum absolute atomic E-state index is 0.177. The second kappa shape index (κ2) is 11.3. The number of carbonyl (C=O) groups is 2. The van der Waals surface area contributed by atoms with Crippen LogP contribution in [0.2, 0.25) is 0 Å². The number of esters is 1. The van der Waals surface area contributed by atoms with Crippen LogP contribution in [0.15, 0.2) is 53.3 Å². The van der Waals surface area contributed by atoms with E-state index in [9.17, 15) is 14.4 Å². The van der Waals surface area contributed by atoms with Crippen molar-refractivity contribution in [3.8, 4) is 5.75 Å². The van der Waals surface area contributed by atoms with Crippen LogP contribution in [0.5, 0.6) is 5.75 Å². The Labute approximate surface area is 193 Å². The van der Waals surface area contributed by atoms with Gasteiger partial charge in [0.15, 0.2) is 5.43 Å². The van der Waals surface area contributed by atoms with Crippen molar-refractivity contribution in [1.82, 2.24) is 4.57 Å². The van der Waals surface area contributed by atoms with E-state index in [0.29, 0.717) is 34.6 Å². The molecule has 174 valence electrons. The molecule has 0 unspecified atom stereocenters. The van der Waals surface area contributed by atoms with Crippen LogP contribution in [0.3, 0.4) is 0 Å². The number of pyridine rings is 1. The number of methoxy groups -OCH3 is 2. The van der Waals surface area contributed by atoms with Crippen LogP contribution < -0.4 is 15.5 Å². The first kappa shape index (κ1) is 24.0. The number of benzene rings is 2. The van der Waals surface area contributed by atoms with Crippen LogP contribution >= 0.6 is 0 Å². The Balaban J connectivity index is 0.000000541. The molecule has 0 saturated heterocycles. The topological polar surface area (TPSA) is 86.6 Å². The van der Waals surface area contributed by atoms with Gasteiger partial charge in [-0.15, -0.1) is 0 Å². The highest BCUT2D eigenvalue weighted by atomic mass is 16.5. The summed E-state index contributed by atoms with van der Waals surface area (Å²) in [5, 5.41) is 3.26. The van der Waals surface area contributed by atoms with Gasteiger partial charge < -0.3 is 19.4 Å². The number of carbonyl (C=O) groups excluding carboxylic acids is 2. The number of fused-ring (bicyclic) bond motifs is 1. The minimum atomic E-state index is -0.461. The fraction of sp³-hybridized carbons (Fsp3) is 0.346. The highest BCUT2D eigenvalue weighted by Crippen LogP contribution is 2.25. The molecule has 7 nitrogen and oxygen atoms in total. The molecule has 1 aromatic heterocycles. The molecule has 0 aliphatic heterocycles. The Morgan fingerprint density at radius 1 is 0.970 bits per heavy atom. The van der Waals surface area contributed by atoms with E-state index in [-0.39, 0.29) is 11.3 Å². The van der Waals surface area contributed by atoms with Crippen LogP contribution in [0.4, 0.5) is 5.82 Å². The molecule has 1 saturated carbocycles. The molecular formula is C26H30N2O5. The zero-order valence-corrected chi connectivity index (χ0v) is 19.3. The van der Waals surface area contributed by atoms with Crippen LogP contribution in [-0.4, -0.2) is 30.7 Å². The molecule has 33 heavy (non-hydrogen) atoms. The minimum Gasteiger partial charge on any atom is -0.496 e. The van der Waals surface area contributed by atoms with Gasteiger partial charge in [-0.1, -0.05) is 50.3 Å². The lowest BCUT2D eigenvalue weighted by Crippen LogP contribution is -2.18. The molecule has 7 heteroatoms. The summed E-state index contributed by atoms with van der Waals surface area (Å²) >= 11 is 0. The Bertz CT molecular complexity index is 1190. The number of nitrogens with zero attached hydrogens (tertiary/aromatic N) is 1. The number of amides is 1. The molecule has 0 bridgehead atoms. The molecule has 1 amide bonds. The normalized spacial score (nSPS) is 12.6. The van der Waals surface area contributed by atoms with Gasteiger partial charge in [-0.3, -0.25) is 9.59 Å². The average molecular weight is 451 g/mol. The fourth-order valence-electron chi connectivity index (χ4n) is 3.96. The number of hydrogen-bond donors (Lipinski definition) is 1. The summed E-state index contributed by atoms with van der Waals surface area (Å²) in [7, 11) is 2.83. The smallest absolute Gasteiger partial charge is 0.337 e. The van der Waals surface area contributed by atoms with Crippen molar-refractivity contribution < 1.29 is 19.1 Å². The molecule has 4 rings (SSSR count). The third-order valence-corrected chi connectivity index (χ3v) is 5.61. The molecular weight excluding hydrogens is 420 g/mol. The first-order valence-corrected chi connectivity index (χ1v) is 11.1. The largest absolute Gasteiger partial charge is 0.496 e. The van der Waals surface area contributed by atoms with E-state index < -0.39 is 5.97 Å². The maximum Gasteiger partial charge on any atom is 0.337 e. The molecule has 1 aliphatic rings. The first-order chi connectivity index (χ1) is 15.9. The molecule has 0 spiro atoms. The predicted octanol–water partition coefficient (Wildman–Crippen LogP) is 4.75. The third-order valence-electron chi connectivity index (χ3n) is 5.61. The Morgan fingerprint density at radius 2 is 1.64 bits per heavy atom. The lowest BCUT2D eigenvalue weighted by molar-refractivity contribution is -0.114. The van der Waals surface area contributed by atoms with Crippen molar-refractivity contribution in [1.29, 1.82) is 0 Å². The van der Waals surface area contributed by atoms with Gasteiger partial charge in [0.2, 0.25) is 5.91 Å². The van der Waals surface area contributed by atoms with E-state index in [1.807, 2.05) is 16.7 Å². The predicted molar refractivity (Wildman–Crippen MR) is 129 cm³/mol. The van der Waals surface area contributed by atoms with Crippen LogP contribution in [0.1, 0.15) is 54.9 Å². The van der Waals surface area contributed by atoms with Crippen molar-refractivity contribution in [2.75, 3.05) is 19.5 Å². The second-order valence-corrected chi connectivity index (χ2v) is 7.96. The van der Waals surface area contributed by atoms with E-state index in [1.165, 1.54) is 59.3 Å². The van der Waals surface area contributed by atoms with Gasteiger partial charge in [0.25, 0.3) is 0 Å². The van der Waals surface area contributed by atoms with E-state index in [1.54, 1.807) is 30.3 Å². The van der Waals surface area contributed by atoms with Crippen LogP contribution in [-0.2, 0) is 16.1 Å². The SMILES string of the molecule is C1CCCC1.COC(=O)c1ccc(Cn2c(NC(C)=O)cc(=O)c3ccccc32)c(OC)c1. The molecule has 0 radical (unpaired) electrons. The number of para-hydroxylation sites is 1. The summed E-state index contributed by atoms with van der Waals surface area (Å²) in [6.07, 6.45) is 7.50. The Hall–Kier alpha value is -3.61. The molecule has 1 aliphatic carbocycles. The summed E-state index contributed by atoms with van der Waals surface area (Å²) < 4.78 is 12.0. The highest BCUT2D eigenvalue weighted by Gasteiger charge is 2.15. The number of anilines is 1. The summed E-state index contributed by atoms with van der Waals surface area (Å²) in [5.74, 6) is 0.142. The molecule has 1 N–H and O–H groups in total. The maximum atomic E-state index is 12.4. The van der Waals surface area contributed by atoms with E-state index in [4.69, 9.17) is 9.47 Å². The second-order valence-electron chi connectivity index (χ2n) is 7.96. The lowest BCUT2D eigenvalue weighted by Gasteiger charge is -2.18. The van der Waals surface area contributed by atoms with E-state index >= 15 is 0 Å². The van der Waals surface area contributed by atoms with Crippen LogP contribution in [0, 0.1) is 0 Å². The summed E-state index contributed by atoms with van der Waals surface area (Å²) in [4.78, 5) is 35.8. The molecule has 0 atom stereocenters. The summed E-state index contributed by atoms with van der Waals surface area (Å²) in [6, 6.07) is 13.6. The van der Waals surface area contributed by atoms with Crippen molar-refractivity contribution >= 4 is 28.6 Å². The zero-order valence-electron chi connectivity index (χ0n) is 19.3. The summed E-state index contributed by atoms with van der Waals surface area (Å²) in [6.45, 7) is 1.71. The van der Waals surface area contributed by atoms with Crippen molar-refractivity contribution in [2.45, 2.75) is 45.6 Å². The number of ether oxygens (including phenoxy) is 2. The van der Waals surface area contributed by atoms with Gasteiger partial charge >= 0.3 is 5.97 Å². The average Bonchev–Trinajstić information content (AvgIpc) is 3.41. The van der Waals surface area contributed by atoms with Gasteiger partial charge in [0.1, 0.15) is 11.6 Å². The van der Waals surface area contributed by atoms with Crippen molar-refractivity contribution in [3.63, 3.8) is 0 Å². The van der Waals surface area contributed by atoms with Gasteiger partial charge in [-0.05, 0) is 24.3 Å². The number of hydrogen-bond acceptors (Lipinski definition) is 5. The van der Waals surface area contributed by atoms with Gasteiger partial charge in [-0.25, -0.2) is 4.79 Å². The van der Waals surface area contributed by atoms with Crippen molar-refractivity contribution in [3.05, 3.63) is 69.9 Å². The van der Waals surface area contributed by atoms with Gasteiger partial charge in [0, 0.05) is 23.9 Å². The summed E-state index contributed by atoms with van der Waals surface area (Å²) in [5.41, 5.74) is 1.65. The highest BCUT2D eigenvalue weighted by molar-refractivity contribution is 5.91. The number of rotatable bonds is 5. The Morgan fingerprint density at radius 3 is 2.24 bits per heavy atom. The number of aromatic nitrogens is 1. The van der Waals surface area contributed by atoms with Gasteiger partial charge in [0.05, 0.1) is 31.8 Å². The number of nitrogens with one attached hydrogen (secondary N) is 1. The first-order valence-electron chi connectivity index (χ1n) is 11.1. The third kappa shape index (κ3) is 6.00. The zero-order chi connectivity index (χ0) is 23.8. The van der Waals surface area contributed by atoms with Crippen LogP contribution in [0.25, 0.3) is 10.9 Å². The Kier molecular flexibility index (Phi) is 8.24. The molecule has 2 aromatic carbocycles. The van der Waals surface area contributed by atoms with Crippen molar-refractivity contribution in [2.24, 2.45) is 0 Å². The molecule has 1 heterocycles. The standard InChI is InChI=1S/C21H20N2O5.C5H10/c1-13(24)22-20-11-18(25)16-6-4-5-7-17(16)23(20)12-15-9-8-14(21(26)28-3)10-19(15)27-2;1-2-4-5-3-1/h4-11H,12H2,1-3H3,(H,22,24);1-5H2. The molecule has 3 aromatic rings. The lowest BCUT2D eigenvalue weighted by atomic mass is 10.1. The van der Waals surface area contributed by atoms with E-state index in [2.05, 4.69) is 5.32 Å².